The number of nitrogens with two attached hydrogens (primary N) is 3. The number of nitrogens with one attached hydrogen (secondary N) is 4. The summed E-state index contributed by atoms with van der Waals surface area (Å²) in [6.07, 6.45) is 2.13. The van der Waals surface area contributed by atoms with Crippen LogP contribution in [-0.2, 0) is 30.4 Å². The second-order valence-corrected chi connectivity index (χ2v) is 7.64. The van der Waals surface area contributed by atoms with Crippen LogP contribution in [0.1, 0.15) is 31.9 Å². The molecule has 0 fully saturated rings. The number of aromatic amines is 1. The van der Waals surface area contributed by atoms with Gasteiger partial charge in [0.25, 0.3) is 0 Å². The van der Waals surface area contributed by atoms with Gasteiger partial charge in [0.1, 0.15) is 18.1 Å². The van der Waals surface area contributed by atoms with Gasteiger partial charge >= 0.3 is 11.9 Å². The van der Waals surface area contributed by atoms with E-state index in [0.717, 1.165) is 0 Å². The van der Waals surface area contributed by atoms with E-state index in [1.54, 1.807) is 0 Å². The van der Waals surface area contributed by atoms with Gasteiger partial charge in [-0.3, -0.25) is 24.2 Å². The Morgan fingerprint density at radius 3 is 2.14 bits per heavy atom. The standard InChI is InChI=1S/C19H31N9O7/c1-9(20)15(31)27-12(5-10-7-23-8-25-10)17(33)26-11(3-2-4-24-19(21)22)16(32)28-13(18(34)35)6-14(29)30/h7-9,11-13H,2-6,20H2,1H3,(H,23,25)(H,26,33)(H,27,31)(H,28,32)(H,29,30)(H,34,35)(H4,21,22,24). The summed E-state index contributed by atoms with van der Waals surface area (Å²) < 4.78 is 0. The van der Waals surface area contributed by atoms with E-state index in [4.69, 9.17) is 22.3 Å². The van der Waals surface area contributed by atoms with Crippen LogP contribution >= 0.6 is 0 Å². The third kappa shape index (κ3) is 11.0. The number of rotatable bonds is 15. The van der Waals surface area contributed by atoms with Crippen LogP contribution in [0, 0.1) is 0 Å². The molecule has 16 nitrogen and oxygen atoms in total. The molecule has 35 heavy (non-hydrogen) atoms. The van der Waals surface area contributed by atoms with Crippen LogP contribution in [0.25, 0.3) is 0 Å². The summed E-state index contributed by atoms with van der Waals surface area (Å²) in [6, 6.07) is -5.09. The van der Waals surface area contributed by atoms with Gasteiger partial charge < -0.3 is 48.3 Å². The van der Waals surface area contributed by atoms with Gasteiger partial charge in [-0.2, -0.15) is 0 Å². The van der Waals surface area contributed by atoms with E-state index in [9.17, 15) is 29.1 Å². The van der Waals surface area contributed by atoms with Crippen molar-refractivity contribution in [3.05, 3.63) is 18.2 Å². The summed E-state index contributed by atoms with van der Waals surface area (Å²) in [4.78, 5) is 70.6. The molecule has 0 aromatic carbocycles. The third-order valence-corrected chi connectivity index (χ3v) is 4.60. The zero-order chi connectivity index (χ0) is 26.5. The van der Waals surface area contributed by atoms with Gasteiger partial charge in [0, 0.05) is 24.9 Å². The predicted molar refractivity (Wildman–Crippen MR) is 122 cm³/mol. The summed E-state index contributed by atoms with van der Waals surface area (Å²) in [6.45, 7) is 1.54. The highest BCUT2D eigenvalue weighted by Gasteiger charge is 2.31. The number of aliphatic imine (C=N–C) groups is 1. The highest BCUT2D eigenvalue weighted by Crippen LogP contribution is 2.05. The average molecular weight is 498 g/mol. The number of carbonyl (C=O) groups excluding carboxylic acids is 3. The molecule has 0 saturated heterocycles. The van der Waals surface area contributed by atoms with Crippen molar-refractivity contribution in [2.24, 2.45) is 22.2 Å². The maximum absolute atomic E-state index is 13.0. The lowest BCUT2D eigenvalue weighted by Crippen LogP contribution is -2.57. The molecule has 0 radical (unpaired) electrons. The monoisotopic (exact) mass is 497 g/mol. The van der Waals surface area contributed by atoms with Crippen LogP contribution < -0.4 is 33.2 Å². The lowest BCUT2D eigenvalue weighted by molar-refractivity contribution is -0.147. The van der Waals surface area contributed by atoms with E-state index in [1.807, 2.05) is 0 Å². The van der Waals surface area contributed by atoms with Gasteiger partial charge in [-0.15, -0.1) is 0 Å². The van der Waals surface area contributed by atoms with Crippen molar-refractivity contribution >= 4 is 35.6 Å². The van der Waals surface area contributed by atoms with E-state index in [1.165, 1.54) is 19.4 Å². The van der Waals surface area contributed by atoms with Crippen molar-refractivity contribution in [1.82, 2.24) is 25.9 Å². The van der Waals surface area contributed by atoms with Crippen LogP contribution in [0.4, 0.5) is 0 Å². The highest BCUT2D eigenvalue weighted by atomic mass is 16.4. The quantitative estimate of drug-likeness (QED) is 0.0647. The Labute approximate surface area is 200 Å². The van der Waals surface area contributed by atoms with E-state index in [-0.39, 0.29) is 31.8 Å². The zero-order valence-electron chi connectivity index (χ0n) is 19.1. The van der Waals surface area contributed by atoms with Gasteiger partial charge in [0.15, 0.2) is 5.96 Å². The number of imidazole rings is 1. The Bertz CT molecular complexity index is 914. The molecule has 12 N–H and O–H groups in total. The molecule has 1 rings (SSSR count). The molecule has 0 saturated carbocycles. The maximum atomic E-state index is 13.0. The fourth-order valence-electron chi connectivity index (χ4n) is 2.82. The second kappa shape index (κ2) is 14.1. The summed E-state index contributed by atoms with van der Waals surface area (Å²) in [5, 5.41) is 25.2. The lowest BCUT2D eigenvalue weighted by atomic mass is 10.1. The molecule has 1 heterocycles. The van der Waals surface area contributed by atoms with Gasteiger partial charge in [0.05, 0.1) is 18.8 Å². The number of amides is 3. The second-order valence-electron chi connectivity index (χ2n) is 7.64. The first-order valence-corrected chi connectivity index (χ1v) is 10.5. The number of carboxylic acids is 2. The molecular weight excluding hydrogens is 466 g/mol. The van der Waals surface area contributed by atoms with Crippen LogP contribution in [0.3, 0.4) is 0 Å². The third-order valence-electron chi connectivity index (χ3n) is 4.60. The Morgan fingerprint density at radius 1 is 1.03 bits per heavy atom. The Hall–Kier alpha value is -4.21. The van der Waals surface area contributed by atoms with E-state index < -0.39 is 60.2 Å². The first-order valence-electron chi connectivity index (χ1n) is 10.5. The SMILES string of the molecule is CC(N)C(=O)NC(Cc1cnc[nH]1)C(=O)NC(CCCN=C(N)N)C(=O)NC(CC(=O)O)C(=O)O. The average Bonchev–Trinajstić information content (AvgIpc) is 3.27. The van der Waals surface area contributed by atoms with Crippen LogP contribution in [-0.4, -0.2) is 86.5 Å². The van der Waals surface area contributed by atoms with Gasteiger partial charge in [-0.25, -0.2) is 9.78 Å². The molecule has 1 aromatic rings. The van der Waals surface area contributed by atoms with Crippen LogP contribution in [0.5, 0.6) is 0 Å². The minimum Gasteiger partial charge on any atom is -0.481 e. The minimum absolute atomic E-state index is 0.0105. The molecule has 4 atom stereocenters. The van der Waals surface area contributed by atoms with Crippen molar-refractivity contribution in [2.75, 3.05) is 6.54 Å². The maximum Gasteiger partial charge on any atom is 0.326 e. The Morgan fingerprint density at radius 2 is 1.63 bits per heavy atom. The number of guanidine groups is 1. The number of hydrogen-bond acceptors (Lipinski definition) is 8. The number of nitrogens with zero attached hydrogens (tertiary/aromatic N) is 2. The smallest absolute Gasteiger partial charge is 0.326 e. The zero-order valence-corrected chi connectivity index (χ0v) is 19.1. The molecule has 0 spiro atoms. The molecule has 1 aromatic heterocycles. The van der Waals surface area contributed by atoms with Gasteiger partial charge in [-0.05, 0) is 19.8 Å². The fraction of sp³-hybridized carbons (Fsp3) is 0.526. The minimum atomic E-state index is -1.73. The molecule has 194 valence electrons. The molecule has 0 aliphatic carbocycles. The first-order chi connectivity index (χ1) is 16.4. The number of carboxylic acid groups (broad SMARTS) is 2. The van der Waals surface area contributed by atoms with E-state index in [2.05, 4.69) is 30.9 Å². The first kappa shape index (κ1) is 28.8. The van der Waals surface area contributed by atoms with Crippen molar-refractivity contribution in [3.8, 4) is 0 Å². The van der Waals surface area contributed by atoms with Crippen molar-refractivity contribution in [2.45, 2.75) is 56.8 Å². The topological polar surface area (TPSA) is 281 Å². The lowest BCUT2D eigenvalue weighted by Gasteiger charge is -2.24. The predicted octanol–water partition coefficient (Wildman–Crippen LogP) is -3.63. The summed E-state index contributed by atoms with van der Waals surface area (Å²) in [5.74, 6) is -5.50. The van der Waals surface area contributed by atoms with Gasteiger partial charge in [-0.1, -0.05) is 0 Å². The highest BCUT2D eigenvalue weighted by molar-refractivity contribution is 5.94. The molecular formula is C19H31N9O7. The number of aliphatic carboxylic acids is 2. The van der Waals surface area contributed by atoms with E-state index in [0.29, 0.717) is 5.69 Å². The van der Waals surface area contributed by atoms with E-state index >= 15 is 0 Å². The Kier molecular flexibility index (Phi) is 11.6. The number of hydrogen-bond donors (Lipinski definition) is 9. The van der Waals surface area contributed by atoms with Crippen molar-refractivity contribution in [1.29, 1.82) is 0 Å². The summed E-state index contributed by atoms with van der Waals surface area (Å²) >= 11 is 0. The van der Waals surface area contributed by atoms with Crippen molar-refractivity contribution in [3.63, 3.8) is 0 Å². The number of H-pyrrole nitrogens is 1. The molecule has 0 aliphatic heterocycles. The van der Waals surface area contributed by atoms with Gasteiger partial charge in [0.2, 0.25) is 17.7 Å². The normalized spacial score (nSPS) is 14.0. The molecule has 3 amide bonds. The van der Waals surface area contributed by atoms with Crippen LogP contribution in [0.2, 0.25) is 0 Å². The van der Waals surface area contributed by atoms with Crippen LogP contribution in [0.15, 0.2) is 17.5 Å². The number of aromatic nitrogens is 2. The molecule has 0 bridgehead atoms. The summed E-state index contributed by atoms with van der Waals surface area (Å²) in [7, 11) is 0. The van der Waals surface area contributed by atoms with Crippen molar-refractivity contribution < 1.29 is 34.2 Å². The molecule has 4 unspecified atom stereocenters. The largest absolute Gasteiger partial charge is 0.481 e. The molecule has 0 aliphatic rings. The Balaban J connectivity index is 3.06. The summed E-state index contributed by atoms with van der Waals surface area (Å²) in [5.41, 5.74) is 16.6. The fourth-order valence-corrected chi connectivity index (χ4v) is 2.82. The molecule has 16 heteroatoms. The number of carbonyl (C=O) groups is 5.